The molecule has 0 aliphatic rings. The fraction of sp³-hybridized carbons (Fsp3) is 0.286. The van der Waals surface area contributed by atoms with Gasteiger partial charge in [0.1, 0.15) is 5.75 Å². The molecule has 0 aliphatic heterocycles. The van der Waals surface area contributed by atoms with Gasteiger partial charge in [-0.3, -0.25) is 0 Å². The SMILES string of the molecule is COc1c(C)cc(C(Br)c2ccoc2Br)cc1C. The van der Waals surface area contributed by atoms with Crippen LogP contribution in [-0.2, 0) is 0 Å². The quantitative estimate of drug-likeness (QED) is 0.694. The Balaban J connectivity index is 2.43. The monoisotopic (exact) mass is 372 g/mol. The number of hydrogen-bond donors (Lipinski definition) is 0. The van der Waals surface area contributed by atoms with Gasteiger partial charge in [-0.1, -0.05) is 28.1 Å². The average molecular weight is 374 g/mol. The number of ether oxygens (including phenoxy) is 1. The summed E-state index contributed by atoms with van der Waals surface area (Å²) in [6.45, 7) is 4.11. The molecule has 1 aromatic carbocycles. The molecule has 1 unspecified atom stereocenters. The van der Waals surface area contributed by atoms with E-state index in [9.17, 15) is 0 Å². The van der Waals surface area contributed by atoms with Crippen molar-refractivity contribution in [1.82, 2.24) is 0 Å². The van der Waals surface area contributed by atoms with Crippen LogP contribution in [0.5, 0.6) is 5.75 Å². The highest BCUT2D eigenvalue weighted by molar-refractivity contribution is 9.10. The summed E-state index contributed by atoms with van der Waals surface area (Å²) in [5, 5.41) is 0. The number of benzene rings is 1. The molecule has 2 rings (SSSR count). The number of methoxy groups -OCH3 is 1. The molecule has 4 heteroatoms. The summed E-state index contributed by atoms with van der Waals surface area (Å²) in [5.74, 6) is 0.949. The minimum absolute atomic E-state index is 0.105. The third-order valence-corrected chi connectivity index (χ3v) is 4.57. The second kappa shape index (κ2) is 5.49. The molecule has 0 saturated heterocycles. The van der Waals surface area contributed by atoms with Gasteiger partial charge in [-0.15, -0.1) is 0 Å². The van der Waals surface area contributed by atoms with Crippen molar-refractivity contribution < 1.29 is 9.15 Å². The molecule has 0 radical (unpaired) electrons. The van der Waals surface area contributed by atoms with Crippen LogP contribution >= 0.6 is 31.9 Å². The Morgan fingerprint density at radius 2 is 1.83 bits per heavy atom. The van der Waals surface area contributed by atoms with E-state index in [2.05, 4.69) is 57.8 Å². The van der Waals surface area contributed by atoms with Gasteiger partial charge < -0.3 is 9.15 Å². The van der Waals surface area contributed by atoms with Gasteiger partial charge in [0.15, 0.2) is 4.67 Å². The number of alkyl halides is 1. The summed E-state index contributed by atoms with van der Waals surface area (Å²) < 4.78 is 11.4. The smallest absolute Gasteiger partial charge is 0.173 e. The van der Waals surface area contributed by atoms with Crippen LogP contribution < -0.4 is 4.74 Å². The number of hydrogen-bond acceptors (Lipinski definition) is 2. The third kappa shape index (κ3) is 2.50. The van der Waals surface area contributed by atoms with Crippen LogP contribution in [0.2, 0.25) is 0 Å². The molecule has 1 aromatic heterocycles. The Labute approximate surface area is 124 Å². The Hall–Kier alpha value is -0.740. The molecule has 0 aliphatic carbocycles. The Bertz CT molecular complexity index is 538. The zero-order chi connectivity index (χ0) is 13.3. The maximum atomic E-state index is 5.38. The topological polar surface area (TPSA) is 22.4 Å². The largest absolute Gasteiger partial charge is 0.496 e. The van der Waals surface area contributed by atoms with Gasteiger partial charge in [0.2, 0.25) is 0 Å². The highest BCUT2D eigenvalue weighted by atomic mass is 79.9. The molecule has 0 spiro atoms. The van der Waals surface area contributed by atoms with Gasteiger partial charge in [0.25, 0.3) is 0 Å². The highest BCUT2D eigenvalue weighted by Crippen LogP contribution is 2.38. The molecule has 0 amide bonds. The van der Waals surface area contributed by atoms with E-state index >= 15 is 0 Å². The van der Waals surface area contributed by atoms with Crippen LogP contribution in [0.25, 0.3) is 0 Å². The van der Waals surface area contributed by atoms with Gasteiger partial charge in [0, 0.05) is 5.56 Å². The van der Waals surface area contributed by atoms with Gasteiger partial charge in [-0.2, -0.15) is 0 Å². The Morgan fingerprint density at radius 3 is 2.28 bits per heavy atom. The third-order valence-electron chi connectivity index (χ3n) is 2.90. The lowest BCUT2D eigenvalue weighted by Gasteiger charge is -2.14. The molecule has 1 heterocycles. The average Bonchev–Trinajstić information content (AvgIpc) is 2.74. The van der Waals surface area contributed by atoms with Gasteiger partial charge in [-0.05, 0) is 52.5 Å². The maximum Gasteiger partial charge on any atom is 0.173 e. The van der Waals surface area contributed by atoms with Crippen LogP contribution in [0.1, 0.15) is 27.1 Å². The summed E-state index contributed by atoms with van der Waals surface area (Å²) in [6.07, 6.45) is 1.68. The molecule has 0 saturated carbocycles. The number of rotatable bonds is 3. The predicted octanol–water partition coefficient (Wildman–Crippen LogP) is 5.15. The van der Waals surface area contributed by atoms with Crippen molar-refractivity contribution in [2.24, 2.45) is 0 Å². The molecular formula is C14H14Br2O2. The first-order chi connectivity index (χ1) is 8.54. The normalized spacial score (nSPS) is 12.5. The number of halogens is 2. The van der Waals surface area contributed by atoms with E-state index in [4.69, 9.17) is 9.15 Å². The van der Waals surface area contributed by atoms with E-state index in [1.165, 1.54) is 5.56 Å². The van der Waals surface area contributed by atoms with Crippen LogP contribution in [0.4, 0.5) is 0 Å². The molecule has 2 nitrogen and oxygen atoms in total. The molecule has 0 fully saturated rings. The zero-order valence-electron chi connectivity index (χ0n) is 10.5. The summed E-state index contributed by atoms with van der Waals surface area (Å²) in [5.41, 5.74) is 4.54. The molecule has 0 bridgehead atoms. The molecule has 0 N–H and O–H groups in total. The second-order valence-electron chi connectivity index (χ2n) is 4.20. The second-order valence-corrected chi connectivity index (χ2v) is 5.84. The summed E-state index contributed by atoms with van der Waals surface area (Å²) in [7, 11) is 1.70. The maximum absolute atomic E-state index is 5.38. The summed E-state index contributed by atoms with van der Waals surface area (Å²) >= 11 is 7.12. The van der Waals surface area contributed by atoms with Gasteiger partial charge >= 0.3 is 0 Å². The molecule has 2 aromatic rings. The minimum atomic E-state index is 0.105. The van der Waals surface area contributed by atoms with E-state index in [0.29, 0.717) is 0 Å². The van der Waals surface area contributed by atoms with Crippen molar-refractivity contribution in [3.8, 4) is 5.75 Å². The van der Waals surface area contributed by atoms with Gasteiger partial charge in [-0.25, -0.2) is 0 Å². The first-order valence-corrected chi connectivity index (χ1v) is 7.27. The number of aryl methyl sites for hydroxylation is 2. The van der Waals surface area contributed by atoms with E-state index in [1.807, 2.05) is 6.07 Å². The Morgan fingerprint density at radius 1 is 1.22 bits per heavy atom. The first kappa shape index (κ1) is 13.7. The molecule has 1 atom stereocenters. The first-order valence-electron chi connectivity index (χ1n) is 5.56. The standard InChI is InChI=1S/C14H14Br2O2/c1-8-6-10(7-9(2)13(8)17-3)12(15)11-4-5-18-14(11)16/h4-7,12H,1-3H3. The fourth-order valence-electron chi connectivity index (χ4n) is 2.12. The lowest BCUT2D eigenvalue weighted by molar-refractivity contribution is 0.408. The fourth-order valence-corrected chi connectivity index (χ4v) is 3.52. The van der Waals surface area contributed by atoms with E-state index in [-0.39, 0.29) is 4.83 Å². The number of furan rings is 1. The minimum Gasteiger partial charge on any atom is -0.496 e. The van der Waals surface area contributed by atoms with Crippen LogP contribution in [0.15, 0.2) is 33.5 Å². The van der Waals surface area contributed by atoms with Crippen LogP contribution in [0, 0.1) is 13.8 Å². The lowest BCUT2D eigenvalue weighted by atomic mass is 10.0. The van der Waals surface area contributed by atoms with E-state index in [1.54, 1.807) is 13.4 Å². The lowest BCUT2D eigenvalue weighted by Crippen LogP contribution is -1.97. The van der Waals surface area contributed by atoms with Crippen molar-refractivity contribution in [2.45, 2.75) is 18.7 Å². The van der Waals surface area contributed by atoms with Crippen LogP contribution in [0.3, 0.4) is 0 Å². The van der Waals surface area contributed by atoms with Gasteiger partial charge in [0.05, 0.1) is 18.2 Å². The predicted molar refractivity (Wildman–Crippen MR) is 79.6 cm³/mol. The van der Waals surface area contributed by atoms with E-state index < -0.39 is 0 Å². The zero-order valence-corrected chi connectivity index (χ0v) is 13.6. The van der Waals surface area contributed by atoms with E-state index in [0.717, 1.165) is 27.1 Å². The van der Waals surface area contributed by atoms with Crippen molar-refractivity contribution in [1.29, 1.82) is 0 Å². The molecular weight excluding hydrogens is 360 g/mol. The van der Waals surface area contributed by atoms with Crippen LogP contribution in [-0.4, -0.2) is 7.11 Å². The molecule has 96 valence electrons. The summed E-state index contributed by atoms with van der Waals surface area (Å²) in [6, 6.07) is 6.22. The van der Waals surface area contributed by atoms with Crippen molar-refractivity contribution in [3.63, 3.8) is 0 Å². The van der Waals surface area contributed by atoms with Crippen molar-refractivity contribution in [3.05, 3.63) is 51.4 Å². The molecule has 18 heavy (non-hydrogen) atoms. The highest BCUT2D eigenvalue weighted by Gasteiger charge is 2.17. The van der Waals surface area contributed by atoms with Crippen molar-refractivity contribution in [2.75, 3.05) is 7.11 Å². The van der Waals surface area contributed by atoms with Crippen molar-refractivity contribution >= 4 is 31.9 Å². The Kier molecular flexibility index (Phi) is 4.17. The summed E-state index contributed by atoms with van der Waals surface area (Å²) in [4.78, 5) is 0.105.